The fourth-order valence-electron chi connectivity index (χ4n) is 4.57. The number of rotatable bonds is 4. The number of carbonyl (C=O) groups excluding carboxylic acids is 2. The van der Waals surface area contributed by atoms with Gasteiger partial charge in [0.25, 0.3) is 11.8 Å². The SMILES string of the molecule is O=C(NN=C1CCCc2ccccc21)c1ccc(C(=O)NN=C2CCCc3ccccc32)cc1. The van der Waals surface area contributed by atoms with Gasteiger partial charge in [-0.25, -0.2) is 10.9 Å². The van der Waals surface area contributed by atoms with E-state index in [0.29, 0.717) is 11.1 Å². The normalized spacial score (nSPS) is 17.1. The monoisotopic (exact) mass is 450 g/mol. The van der Waals surface area contributed by atoms with Gasteiger partial charge in [0, 0.05) is 22.3 Å². The second kappa shape index (κ2) is 9.83. The van der Waals surface area contributed by atoms with Crippen molar-refractivity contribution in [2.75, 3.05) is 0 Å². The van der Waals surface area contributed by atoms with Crippen LogP contribution in [0.25, 0.3) is 0 Å². The van der Waals surface area contributed by atoms with Crippen molar-refractivity contribution in [2.45, 2.75) is 38.5 Å². The van der Waals surface area contributed by atoms with Crippen molar-refractivity contribution in [3.8, 4) is 0 Å². The lowest BCUT2D eigenvalue weighted by atomic mass is 9.90. The predicted octanol–water partition coefficient (Wildman–Crippen LogP) is 4.63. The third kappa shape index (κ3) is 4.66. The van der Waals surface area contributed by atoms with Gasteiger partial charge in [-0.15, -0.1) is 0 Å². The summed E-state index contributed by atoms with van der Waals surface area (Å²) in [5.74, 6) is -0.608. The van der Waals surface area contributed by atoms with E-state index in [1.54, 1.807) is 24.3 Å². The number of nitrogens with zero attached hydrogens (tertiary/aromatic N) is 2. The van der Waals surface area contributed by atoms with Gasteiger partial charge in [0.2, 0.25) is 0 Å². The first-order valence-corrected chi connectivity index (χ1v) is 11.7. The molecule has 0 radical (unpaired) electrons. The number of hydrogen-bond donors (Lipinski definition) is 2. The van der Waals surface area contributed by atoms with Crippen LogP contribution in [-0.2, 0) is 12.8 Å². The topological polar surface area (TPSA) is 82.9 Å². The van der Waals surface area contributed by atoms with Gasteiger partial charge in [-0.2, -0.15) is 10.2 Å². The van der Waals surface area contributed by atoms with Crippen LogP contribution < -0.4 is 10.9 Å². The Kier molecular flexibility index (Phi) is 6.29. The average Bonchev–Trinajstić information content (AvgIpc) is 2.90. The Bertz CT molecular complexity index is 1190. The van der Waals surface area contributed by atoms with Crippen LogP contribution in [0.5, 0.6) is 0 Å². The molecule has 0 heterocycles. The largest absolute Gasteiger partial charge is 0.271 e. The molecule has 0 bridgehead atoms. The van der Waals surface area contributed by atoms with E-state index in [9.17, 15) is 9.59 Å². The number of amides is 2. The molecule has 0 aliphatic heterocycles. The molecule has 6 heteroatoms. The Morgan fingerprint density at radius 3 is 1.41 bits per heavy atom. The molecular weight excluding hydrogens is 424 g/mol. The molecule has 2 amide bonds. The number of aryl methyl sites for hydroxylation is 2. The van der Waals surface area contributed by atoms with Crippen molar-refractivity contribution < 1.29 is 9.59 Å². The molecule has 2 aliphatic carbocycles. The summed E-state index contributed by atoms with van der Waals surface area (Å²) in [6.07, 6.45) is 5.78. The molecule has 0 aromatic heterocycles. The summed E-state index contributed by atoms with van der Waals surface area (Å²) in [5, 5.41) is 8.76. The van der Waals surface area contributed by atoms with E-state index in [1.165, 1.54) is 11.1 Å². The van der Waals surface area contributed by atoms with Gasteiger partial charge in [-0.3, -0.25) is 9.59 Å². The number of benzene rings is 3. The van der Waals surface area contributed by atoms with E-state index in [2.05, 4.69) is 33.2 Å². The van der Waals surface area contributed by atoms with Crippen LogP contribution in [0.2, 0.25) is 0 Å². The molecule has 34 heavy (non-hydrogen) atoms. The van der Waals surface area contributed by atoms with Gasteiger partial charge >= 0.3 is 0 Å². The van der Waals surface area contributed by atoms with Crippen LogP contribution in [0.1, 0.15) is 68.7 Å². The summed E-state index contributed by atoms with van der Waals surface area (Å²) >= 11 is 0. The molecule has 0 atom stereocenters. The van der Waals surface area contributed by atoms with Crippen LogP contribution in [-0.4, -0.2) is 23.2 Å². The second-order valence-electron chi connectivity index (χ2n) is 8.60. The highest BCUT2D eigenvalue weighted by molar-refractivity contribution is 6.05. The molecule has 0 spiro atoms. The minimum absolute atomic E-state index is 0.304. The van der Waals surface area contributed by atoms with Crippen molar-refractivity contribution in [1.82, 2.24) is 10.9 Å². The highest BCUT2D eigenvalue weighted by atomic mass is 16.2. The summed E-state index contributed by atoms with van der Waals surface area (Å²) in [5.41, 5.74) is 12.7. The first kappa shape index (κ1) is 21.8. The zero-order chi connectivity index (χ0) is 23.3. The summed E-state index contributed by atoms with van der Waals surface area (Å²) in [6, 6.07) is 22.8. The highest BCUT2D eigenvalue weighted by Crippen LogP contribution is 2.22. The van der Waals surface area contributed by atoms with Gasteiger partial charge in [-0.1, -0.05) is 48.5 Å². The Labute approximate surface area is 198 Å². The van der Waals surface area contributed by atoms with Crippen LogP contribution in [0.15, 0.2) is 83.0 Å². The van der Waals surface area contributed by atoms with E-state index in [1.807, 2.05) is 36.4 Å². The lowest BCUT2D eigenvalue weighted by Crippen LogP contribution is -2.23. The first-order chi connectivity index (χ1) is 16.7. The molecule has 5 rings (SSSR count). The van der Waals surface area contributed by atoms with Gasteiger partial charge in [0.05, 0.1) is 11.4 Å². The minimum atomic E-state index is -0.304. The van der Waals surface area contributed by atoms with Crippen molar-refractivity contribution >= 4 is 23.2 Å². The second-order valence-corrected chi connectivity index (χ2v) is 8.60. The van der Waals surface area contributed by atoms with Crippen LogP contribution in [0.3, 0.4) is 0 Å². The summed E-state index contributed by atoms with van der Waals surface area (Å²) < 4.78 is 0. The Hall–Kier alpha value is -4.06. The molecule has 170 valence electrons. The van der Waals surface area contributed by atoms with Crippen LogP contribution in [0, 0.1) is 0 Å². The molecule has 0 fully saturated rings. The highest BCUT2D eigenvalue weighted by Gasteiger charge is 2.17. The zero-order valence-corrected chi connectivity index (χ0v) is 18.9. The van der Waals surface area contributed by atoms with Gasteiger partial charge in [0.15, 0.2) is 0 Å². The summed E-state index contributed by atoms with van der Waals surface area (Å²) in [7, 11) is 0. The first-order valence-electron chi connectivity index (χ1n) is 11.7. The molecule has 2 aliphatic rings. The molecule has 3 aromatic rings. The zero-order valence-electron chi connectivity index (χ0n) is 18.9. The van der Waals surface area contributed by atoms with Crippen molar-refractivity contribution in [2.24, 2.45) is 10.2 Å². The molecular formula is C28H26N4O2. The number of nitrogens with one attached hydrogen (secondary N) is 2. The maximum Gasteiger partial charge on any atom is 0.271 e. The average molecular weight is 451 g/mol. The van der Waals surface area contributed by atoms with Crippen LogP contribution >= 0.6 is 0 Å². The lowest BCUT2D eigenvalue weighted by Gasteiger charge is -2.17. The third-order valence-corrected chi connectivity index (χ3v) is 6.37. The van der Waals surface area contributed by atoms with E-state index in [-0.39, 0.29) is 11.8 Å². The number of carbonyl (C=O) groups is 2. The van der Waals surface area contributed by atoms with Gasteiger partial charge in [0.1, 0.15) is 0 Å². The van der Waals surface area contributed by atoms with Gasteiger partial charge in [-0.05, 0) is 73.9 Å². The Morgan fingerprint density at radius 1 is 0.559 bits per heavy atom. The van der Waals surface area contributed by atoms with Crippen molar-refractivity contribution in [3.05, 3.63) is 106 Å². The Balaban J connectivity index is 1.23. The van der Waals surface area contributed by atoms with E-state index >= 15 is 0 Å². The molecule has 0 saturated heterocycles. The van der Waals surface area contributed by atoms with Crippen LogP contribution in [0.4, 0.5) is 0 Å². The van der Waals surface area contributed by atoms with E-state index in [0.717, 1.165) is 61.1 Å². The molecule has 3 aromatic carbocycles. The number of hydrogen-bond acceptors (Lipinski definition) is 4. The van der Waals surface area contributed by atoms with E-state index in [4.69, 9.17) is 0 Å². The summed E-state index contributed by atoms with van der Waals surface area (Å²) in [4.78, 5) is 25.2. The smallest absolute Gasteiger partial charge is 0.267 e. The van der Waals surface area contributed by atoms with Crippen molar-refractivity contribution in [3.63, 3.8) is 0 Å². The third-order valence-electron chi connectivity index (χ3n) is 6.37. The van der Waals surface area contributed by atoms with Gasteiger partial charge < -0.3 is 0 Å². The van der Waals surface area contributed by atoms with Crippen molar-refractivity contribution in [1.29, 1.82) is 0 Å². The lowest BCUT2D eigenvalue weighted by molar-refractivity contribution is 0.0943. The quantitative estimate of drug-likeness (QED) is 0.568. The predicted molar refractivity (Wildman–Crippen MR) is 133 cm³/mol. The summed E-state index contributed by atoms with van der Waals surface area (Å²) in [6.45, 7) is 0. The molecule has 6 nitrogen and oxygen atoms in total. The molecule has 0 unspecified atom stereocenters. The maximum absolute atomic E-state index is 12.6. The fourth-order valence-corrected chi connectivity index (χ4v) is 4.57. The minimum Gasteiger partial charge on any atom is -0.267 e. The molecule has 2 N–H and O–H groups in total. The van der Waals surface area contributed by atoms with E-state index < -0.39 is 0 Å². The standard InChI is InChI=1S/C28H26N4O2/c33-27(31-29-25-13-5-9-19-7-1-3-11-23(19)25)21-15-17-22(18-16-21)28(34)32-30-26-14-6-10-20-8-2-4-12-24(20)26/h1-4,7-8,11-12,15-18H,5-6,9-10,13-14H2,(H,31,33)(H,32,34). The maximum atomic E-state index is 12.6. The molecule has 0 saturated carbocycles. The Morgan fingerprint density at radius 2 is 0.971 bits per heavy atom. The number of fused-ring (bicyclic) bond motifs is 2. The number of hydrazone groups is 2. The fraction of sp³-hybridized carbons (Fsp3) is 0.214.